The Balaban J connectivity index is 1.12. The normalized spacial score (nSPS) is 24.4. The number of aromatic nitrogens is 2. The maximum Gasteiger partial charge on any atom is 0.242 e. The van der Waals surface area contributed by atoms with Crippen molar-refractivity contribution in [2.24, 2.45) is 11.1 Å². The molecule has 4 heterocycles. The van der Waals surface area contributed by atoms with Gasteiger partial charge >= 0.3 is 0 Å². The van der Waals surface area contributed by atoms with Crippen LogP contribution in [0.4, 0.5) is 0 Å². The molecule has 1 saturated heterocycles. The van der Waals surface area contributed by atoms with Gasteiger partial charge in [0.15, 0.2) is 6.10 Å². The average molecular weight is 406 g/mol. The summed E-state index contributed by atoms with van der Waals surface area (Å²) in [6, 6.07) is 12.4. The van der Waals surface area contributed by atoms with Gasteiger partial charge in [-0.05, 0) is 18.6 Å². The van der Waals surface area contributed by atoms with E-state index < -0.39 is 0 Å². The molecular formula is C23H27N5O2. The van der Waals surface area contributed by atoms with Gasteiger partial charge in [0.05, 0.1) is 17.7 Å². The molecule has 3 aliphatic rings. The Morgan fingerprint density at radius 2 is 1.90 bits per heavy atom. The Morgan fingerprint density at radius 1 is 1.10 bits per heavy atom. The van der Waals surface area contributed by atoms with E-state index in [9.17, 15) is 0 Å². The first-order valence-corrected chi connectivity index (χ1v) is 10.6. The number of benzene rings is 1. The predicted octanol–water partition coefficient (Wildman–Crippen LogP) is 2.31. The summed E-state index contributed by atoms with van der Waals surface area (Å²) < 4.78 is 5.80. The molecule has 0 radical (unpaired) electrons. The van der Waals surface area contributed by atoms with Crippen LogP contribution in [0.25, 0.3) is 6.08 Å². The van der Waals surface area contributed by atoms with Crippen LogP contribution in [0.15, 0.2) is 53.3 Å². The van der Waals surface area contributed by atoms with Crippen molar-refractivity contribution >= 4 is 11.8 Å². The molecule has 2 unspecified atom stereocenters. The second-order valence-electron chi connectivity index (χ2n) is 8.27. The van der Waals surface area contributed by atoms with Crippen molar-refractivity contribution in [3.05, 3.63) is 59.3 Å². The Kier molecular flexibility index (Phi) is 5.46. The van der Waals surface area contributed by atoms with Crippen LogP contribution in [-0.4, -0.2) is 77.7 Å². The van der Waals surface area contributed by atoms with E-state index in [1.165, 1.54) is 11.1 Å². The third-order valence-corrected chi connectivity index (χ3v) is 6.04. The summed E-state index contributed by atoms with van der Waals surface area (Å²) in [5, 5.41) is 12.3. The highest BCUT2D eigenvalue weighted by Gasteiger charge is 2.41. The van der Waals surface area contributed by atoms with E-state index in [-0.39, 0.29) is 12.0 Å². The second kappa shape index (κ2) is 8.53. The fourth-order valence-electron chi connectivity index (χ4n) is 4.44. The van der Waals surface area contributed by atoms with Gasteiger partial charge in [0.2, 0.25) is 5.88 Å². The number of rotatable bonds is 5. The molecule has 0 amide bonds. The van der Waals surface area contributed by atoms with Gasteiger partial charge < -0.3 is 9.57 Å². The van der Waals surface area contributed by atoms with E-state index in [0.717, 1.165) is 50.5 Å². The van der Waals surface area contributed by atoms with Crippen LogP contribution in [0.3, 0.4) is 0 Å². The van der Waals surface area contributed by atoms with Crippen LogP contribution in [0, 0.1) is 5.92 Å². The van der Waals surface area contributed by atoms with E-state index in [1.807, 2.05) is 6.07 Å². The lowest BCUT2D eigenvalue weighted by Crippen LogP contribution is -2.50. The summed E-state index contributed by atoms with van der Waals surface area (Å²) in [6.45, 7) is 8.90. The number of nitrogens with zero attached hydrogens (tertiary/aromatic N) is 5. The topological polar surface area (TPSA) is 63.1 Å². The number of ether oxygens (including phenoxy) is 1. The quantitative estimate of drug-likeness (QED) is 0.761. The summed E-state index contributed by atoms with van der Waals surface area (Å²) in [4.78, 5) is 10.8. The minimum Gasteiger partial charge on any atom is -0.475 e. The maximum atomic E-state index is 5.81. The zero-order valence-corrected chi connectivity index (χ0v) is 17.3. The molecule has 2 atom stereocenters. The van der Waals surface area contributed by atoms with Crippen LogP contribution in [-0.2, 0) is 4.84 Å². The first-order chi connectivity index (χ1) is 14.8. The highest BCUT2D eigenvalue weighted by Crippen LogP contribution is 2.32. The lowest BCUT2D eigenvalue weighted by Gasteiger charge is -2.36. The van der Waals surface area contributed by atoms with Crippen LogP contribution in [0.5, 0.6) is 5.88 Å². The summed E-state index contributed by atoms with van der Waals surface area (Å²) in [6.07, 6.45) is 3.99. The minimum atomic E-state index is 0.0348. The van der Waals surface area contributed by atoms with Crippen LogP contribution >= 0.6 is 0 Å². The second-order valence-corrected chi connectivity index (χ2v) is 8.27. The molecular weight excluding hydrogens is 378 g/mol. The number of oxime groups is 1. The maximum absolute atomic E-state index is 5.81. The van der Waals surface area contributed by atoms with Gasteiger partial charge in [0.1, 0.15) is 12.3 Å². The smallest absolute Gasteiger partial charge is 0.242 e. The third kappa shape index (κ3) is 4.08. The first-order valence-electron chi connectivity index (χ1n) is 10.6. The van der Waals surface area contributed by atoms with Gasteiger partial charge in [-0.1, -0.05) is 47.1 Å². The van der Waals surface area contributed by atoms with E-state index in [0.29, 0.717) is 12.5 Å². The summed E-state index contributed by atoms with van der Waals surface area (Å²) >= 11 is 0. The fraction of sp³-hybridized carbons (Fsp3) is 0.435. The molecule has 0 saturated carbocycles. The highest BCUT2D eigenvalue weighted by molar-refractivity contribution is 6.05. The van der Waals surface area contributed by atoms with Crippen molar-refractivity contribution in [3.63, 3.8) is 0 Å². The molecule has 0 bridgehead atoms. The molecule has 2 aromatic rings. The van der Waals surface area contributed by atoms with Crippen LogP contribution in [0.2, 0.25) is 0 Å². The molecule has 7 nitrogen and oxygen atoms in total. The molecule has 3 aliphatic heterocycles. The zero-order valence-electron chi connectivity index (χ0n) is 17.3. The number of piperazine rings is 1. The summed E-state index contributed by atoms with van der Waals surface area (Å²) in [5.74, 6) is 0.722. The minimum absolute atomic E-state index is 0.0348. The molecule has 1 aromatic carbocycles. The largest absolute Gasteiger partial charge is 0.475 e. The Hall–Kier alpha value is -2.77. The van der Waals surface area contributed by atoms with Crippen molar-refractivity contribution in [2.45, 2.75) is 13.0 Å². The first kappa shape index (κ1) is 19.2. The van der Waals surface area contributed by atoms with Crippen molar-refractivity contribution in [1.82, 2.24) is 20.0 Å². The van der Waals surface area contributed by atoms with Crippen LogP contribution in [0.1, 0.15) is 18.1 Å². The van der Waals surface area contributed by atoms with Crippen molar-refractivity contribution in [1.29, 1.82) is 0 Å². The molecule has 0 spiro atoms. The summed E-state index contributed by atoms with van der Waals surface area (Å²) in [5.41, 5.74) is 4.53. The van der Waals surface area contributed by atoms with E-state index in [1.54, 1.807) is 6.20 Å². The molecule has 1 aromatic heterocycles. The predicted molar refractivity (Wildman–Crippen MR) is 115 cm³/mol. The van der Waals surface area contributed by atoms with Gasteiger partial charge in [-0.2, -0.15) is 5.10 Å². The van der Waals surface area contributed by atoms with Gasteiger partial charge in [0.25, 0.3) is 0 Å². The molecule has 0 aliphatic carbocycles. The SMILES string of the molecule is C/C(=C\c1ccccc1)CN1CCN(CC2ON=C3c4ccnnc4OCC32)CC1. The van der Waals surface area contributed by atoms with E-state index in [2.05, 4.69) is 68.5 Å². The molecule has 0 N–H and O–H groups in total. The lowest BCUT2D eigenvalue weighted by atomic mass is 9.91. The molecule has 156 valence electrons. The van der Waals surface area contributed by atoms with Gasteiger partial charge in [-0.15, -0.1) is 5.10 Å². The van der Waals surface area contributed by atoms with Crippen LogP contribution < -0.4 is 4.74 Å². The number of hydrogen-bond donors (Lipinski definition) is 0. The molecule has 7 heteroatoms. The standard InChI is InChI=1S/C23H27N5O2/c1-17(13-18-5-3-2-4-6-18)14-27-9-11-28(12-10-27)15-21-20-16-29-23-19(7-8-24-25-23)22(20)26-30-21/h2-8,13,20-21H,9-12,14-16H2,1H3/b17-13+. The Bertz CT molecular complexity index is 938. The molecule has 5 rings (SSSR count). The van der Waals surface area contributed by atoms with Crippen molar-refractivity contribution in [2.75, 3.05) is 45.9 Å². The van der Waals surface area contributed by atoms with Gasteiger partial charge in [-0.25, -0.2) is 0 Å². The Morgan fingerprint density at radius 3 is 2.73 bits per heavy atom. The average Bonchev–Trinajstić information content (AvgIpc) is 3.19. The van der Waals surface area contributed by atoms with E-state index >= 15 is 0 Å². The summed E-state index contributed by atoms with van der Waals surface area (Å²) in [7, 11) is 0. The highest BCUT2D eigenvalue weighted by atomic mass is 16.6. The van der Waals surface area contributed by atoms with Crippen molar-refractivity contribution in [3.8, 4) is 5.88 Å². The number of fused-ring (bicyclic) bond motifs is 3. The van der Waals surface area contributed by atoms with E-state index in [4.69, 9.17) is 9.57 Å². The Labute approximate surface area is 177 Å². The molecule has 30 heavy (non-hydrogen) atoms. The zero-order chi connectivity index (χ0) is 20.3. The third-order valence-electron chi connectivity index (χ3n) is 6.04. The van der Waals surface area contributed by atoms with Gasteiger partial charge in [-0.3, -0.25) is 9.80 Å². The lowest BCUT2D eigenvalue weighted by molar-refractivity contribution is 0.00969. The monoisotopic (exact) mass is 405 g/mol. The van der Waals surface area contributed by atoms with Crippen molar-refractivity contribution < 1.29 is 9.57 Å². The van der Waals surface area contributed by atoms with Gasteiger partial charge in [0, 0.05) is 39.3 Å². The number of hydrogen-bond acceptors (Lipinski definition) is 7. The molecule has 1 fully saturated rings. The fourth-order valence-corrected chi connectivity index (χ4v) is 4.44.